The van der Waals surface area contributed by atoms with Crippen molar-refractivity contribution in [2.45, 2.75) is 17.7 Å². The maximum absolute atomic E-state index is 4.39. The van der Waals surface area contributed by atoms with E-state index in [0.717, 1.165) is 16.5 Å². The Morgan fingerprint density at radius 1 is 1.13 bits per heavy atom. The fraction of sp³-hybridized carbons (Fsp3) is 0.167. The third-order valence-electron chi connectivity index (χ3n) is 1.96. The summed E-state index contributed by atoms with van der Waals surface area (Å²) in [6.45, 7) is 1.96. The topological polar surface area (TPSA) is 25.8 Å². The lowest BCUT2D eigenvalue weighted by molar-refractivity contribution is 0.998. The molecule has 0 atom stereocenters. The van der Waals surface area contributed by atoms with E-state index in [9.17, 15) is 0 Å². The molecular weight excluding hydrogens is 204 g/mol. The number of thioether (sulfide) groups is 1. The van der Waals surface area contributed by atoms with Gasteiger partial charge in [0.2, 0.25) is 0 Å². The molecular formula is C12H12N2S. The van der Waals surface area contributed by atoms with Crippen molar-refractivity contribution < 1.29 is 0 Å². The number of hydrogen-bond acceptors (Lipinski definition) is 3. The van der Waals surface area contributed by atoms with E-state index >= 15 is 0 Å². The third kappa shape index (κ3) is 3.06. The van der Waals surface area contributed by atoms with Crippen molar-refractivity contribution in [2.75, 3.05) is 0 Å². The molecule has 0 aliphatic rings. The van der Waals surface area contributed by atoms with Crippen molar-refractivity contribution in [1.29, 1.82) is 0 Å². The summed E-state index contributed by atoms with van der Waals surface area (Å²) in [6, 6.07) is 10.4. The predicted octanol–water partition coefficient (Wildman–Crippen LogP) is 3.08. The Kier molecular flexibility index (Phi) is 3.35. The lowest BCUT2D eigenvalue weighted by Crippen LogP contribution is -1.87. The molecule has 0 spiro atoms. The Labute approximate surface area is 93.8 Å². The smallest absolute Gasteiger partial charge is 0.115 e. The summed E-state index contributed by atoms with van der Waals surface area (Å²) in [5.41, 5.74) is 2.28. The molecule has 0 aliphatic carbocycles. The molecule has 1 heterocycles. The van der Waals surface area contributed by atoms with Crippen molar-refractivity contribution in [3.8, 4) is 0 Å². The predicted molar refractivity (Wildman–Crippen MR) is 62.8 cm³/mol. The van der Waals surface area contributed by atoms with Gasteiger partial charge in [-0.2, -0.15) is 0 Å². The number of rotatable bonds is 3. The molecule has 0 bridgehead atoms. The molecule has 0 radical (unpaired) electrons. The van der Waals surface area contributed by atoms with Crippen molar-refractivity contribution >= 4 is 11.8 Å². The zero-order chi connectivity index (χ0) is 10.5. The van der Waals surface area contributed by atoms with Gasteiger partial charge in [-0.1, -0.05) is 30.3 Å². The quantitative estimate of drug-likeness (QED) is 0.737. The maximum atomic E-state index is 4.39. The van der Waals surface area contributed by atoms with Crippen molar-refractivity contribution in [3.05, 3.63) is 54.0 Å². The van der Waals surface area contributed by atoms with Gasteiger partial charge in [-0.25, -0.2) is 4.98 Å². The second kappa shape index (κ2) is 4.94. The van der Waals surface area contributed by atoms with Crippen LogP contribution in [0.2, 0.25) is 0 Å². The van der Waals surface area contributed by atoms with Gasteiger partial charge < -0.3 is 0 Å². The molecule has 0 saturated carbocycles. The van der Waals surface area contributed by atoms with E-state index in [4.69, 9.17) is 0 Å². The summed E-state index contributed by atoms with van der Waals surface area (Å²) in [4.78, 5) is 8.50. The Morgan fingerprint density at radius 2 is 1.93 bits per heavy atom. The average molecular weight is 216 g/mol. The minimum Gasteiger partial charge on any atom is -0.260 e. The normalized spacial score (nSPS) is 10.2. The van der Waals surface area contributed by atoms with Gasteiger partial charge in [-0.05, 0) is 12.5 Å². The summed E-state index contributed by atoms with van der Waals surface area (Å²) >= 11 is 1.71. The van der Waals surface area contributed by atoms with Crippen LogP contribution >= 0.6 is 11.8 Å². The molecule has 76 valence electrons. The van der Waals surface area contributed by atoms with Crippen LogP contribution in [0.3, 0.4) is 0 Å². The highest BCUT2D eigenvalue weighted by atomic mass is 32.2. The van der Waals surface area contributed by atoms with Gasteiger partial charge in [0.25, 0.3) is 0 Å². The van der Waals surface area contributed by atoms with Gasteiger partial charge in [-0.15, -0.1) is 11.8 Å². The molecule has 2 nitrogen and oxygen atoms in total. The zero-order valence-electron chi connectivity index (χ0n) is 8.55. The molecule has 0 amide bonds. The van der Waals surface area contributed by atoms with E-state index in [1.807, 2.05) is 13.0 Å². The second-order valence-corrected chi connectivity index (χ2v) is 4.27. The van der Waals surface area contributed by atoms with Gasteiger partial charge in [0.1, 0.15) is 5.03 Å². The number of hydrogen-bond donors (Lipinski definition) is 0. The van der Waals surface area contributed by atoms with Crippen LogP contribution in [0.4, 0.5) is 0 Å². The van der Waals surface area contributed by atoms with Crippen LogP contribution in [0.1, 0.15) is 11.3 Å². The van der Waals surface area contributed by atoms with Gasteiger partial charge >= 0.3 is 0 Å². The van der Waals surface area contributed by atoms with Gasteiger partial charge in [-0.3, -0.25) is 4.98 Å². The summed E-state index contributed by atoms with van der Waals surface area (Å²) in [7, 11) is 0. The first kappa shape index (κ1) is 10.2. The van der Waals surface area contributed by atoms with Crippen molar-refractivity contribution in [1.82, 2.24) is 9.97 Å². The molecule has 0 N–H and O–H groups in total. The van der Waals surface area contributed by atoms with Crippen LogP contribution in [0, 0.1) is 6.92 Å². The number of aryl methyl sites for hydroxylation is 1. The van der Waals surface area contributed by atoms with E-state index in [1.54, 1.807) is 24.2 Å². The van der Waals surface area contributed by atoms with E-state index in [-0.39, 0.29) is 0 Å². The molecule has 0 unspecified atom stereocenters. The van der Waals surface area contributed by atoms with Crippen molar-refractivity contribution in [2.24, 2.45) is 0 Å². The molecule has 0 saturated heterocycles. The van der Waals surface area contributed by atoms with Crippen LogP contribution in [-0.4, -0.2) is 9.97 Å². The first-order chi connectivity index (χ1) is 7.34. The minimum atomic E-state index is 0.943. The van der Waals surface area contributed by atoms with E-state index in [0.29, 0.717) is 0 Å². The number of benzene rings is 1. The highest BCUT2D eigenvalue weighted by molar-refractivity contribution is 7.98. The first-order valence-corrected chi connectivity index (χ1v) is 5.78. The third-order valence-corrected chi connectivity index (χ3v) is 2.93. The fourth-order valence-electron chi connectivity index (χ4n) is 1.24. The minimum absolute atomic E-state index is 0.943. The van der Waals surface area contributed by atoms with Crippen LogP contribution in [-0.2, 0) is 5.75 Å². The first-order valence-electron chi connectivity index (χ1n) is 4.80. The Balaban J connectivity index is 1.99. The monoisotopic (exact) mass is 216 g/mol. The summed E-state index contributed by atoms with van der Waals surface area (Å²) in [6.07, 6.45) is 3.58. The summed E-state index contributed by atoms with van der Waals surface area (Å²) in [5, 5.41) is 0.985. The molecule has 2 rings (SSSR count). The van der Waals surface area contributed by atoms with Crippen molar-refractivity contribution in [3.63, 3.8) is 0 Å². The Bertz CT molecular complexity index is 429. The fourth-order valence-corrected chi connectivity index (χ4v) is 2.09. The Morgan fingerprint density at radius 3 is 2.67 bits per heavy atom. The van der Waals surface area contributed by atoms with Crippen LogP contribution < -0.4 is 0 Å². The molecule has 1 aromatic carbocycles. The zero-order valence-corrected chi connectivity index (χ0v) is 9.37. The largest absolute Gasteiger partial charge is 0.260 e. The highest BCUT2D eigenvalue weighted by Gasteiger charge is 1.97. The van der Waals surface area contributed by atoms with Crippen LogP contribution in [0.15, 0.2) is 47.8 Å². The molecule has 2 aromatic rings. The molecule has 1 aromatic heterocycles. The second-order valence-electron chi connectivity index (χ2n) is 3.27. The number of nitrogens with zero attached hydrogens (tertiary/aromatic N) is 2. The van der Waals surface area contributed by atoms with E-state index in [1.165, 1.54) is 5.56 Å². The van der Waals surface area contributed by atoms with E-state index < -0.39 is 0 Å². The van der Waals surface area contributed by atoms with Gasteiger partial charge in [0, 0.05) is 11.9 Å². The summed E-state index contributed by atoms with van der Waals surface area (Å²) < 4.78 is 0. The van der Waals surface area contributed by atoms with Crippen LogP contribution in [0.25, 0.3) is 0 Å². The summed E-state index contributed by atoms with van der Waals surface area (Å²) in [5.74, 6) is 0.943. The Hall–Kier alpha value is -1.35. The lowest BCUT2D eigenvalue weighted by Gasteiger charge is -2.01. The number of aromatic nitrogens is 2. The van der Waals surface area contributed by atoms with E-state index in [2.05, 4.69) is 34.2 Å². The maximum Gasteiger partial charge on any atom is 0.115 e. The van der Waals surface area contributed by atoms with Gasteiger partial charge in [0.15, 0.2) is 0 Å². The molecule has 3 heteroatoms. The van der Waals surface area contributed by atoms with Gasteiger partial charge in [0.05, 0.1) is 11.9 Å². The molecule has 15 heavy (non-hydrogen) atoms. The molecule has 0 aliphatic heterocycles. The SMILES string of the molecule is Cc1cncc(SCc2ccccc2)n1. The highest BCUT2D eigenvalue weighted by Crippen LogP contribution is 2.19. The lowest BCUT2D eigenvalue weighted by atomic mass is 10.2. The standard InChI is InChI=1S/C12H12N2S/c1-10-7-13-8-12(14-10)15-9-11-5-3-2-4-6-11/h2-8H,9H2,1H3. The average Bonchev–Trinajstić information content (AvgIpc) is 2.28. The molecule has 0 fully saturated rings. The van der Waals surface area contributed by atoms with Crippen LogP contribution in [0.5, 0.6) is 0 Å².